The predicted molar refractivity (Wildman–Crippen MR) is 45.0 cm³/mol. The number of anilines is 1. The zero-order valence-electron chi connectivity index (χ0n) is 6.39. The topological polar surface area (TPSA) is 111 Å². The second-order valence-corrected chi connectivity index (χ2v) is 2.42. The highest BCUT2D eigenvalue weighted by Gasteiger charge is 2.16. The van der Waals surface area contributed by atoms with Gasteiger partial charge in [-0.1, -0.05) is 0 Å². The highest BCUT2D eigenvalue weighted by atomic mass is 16.6. The molecule has 0 saturated heterocycles. The maximum Gasteiger partial charge on any atom is 0.391 e. The molecule has 2 rings (SSSR count). The zero-order valence-corrected chi connectivity index (χ0v) is 6.39. The summed E-state index contributed by atoms with van der Waals surface area (Å²) in [6.45, 7) is 0. The summed E-state index contributed by atoms with van der Waals surface area (Å²) in [5.74, 6) is -0.262. The van der Waals surface area contributed by atoms with Gasteiger partial charge in [-0.3, -0.25) is 0 Å². The molecule has 0 radical (unpaired) electrons. The second kappa shape index (κ2) is 2.41. The number of hydrogen-bond acceptors (Lipinski definition) is 5. The molecule has 0 amide bonds. The van der Waals surface area contributed by atoms with Crippen LogP contribution in [0.2, 0.25) is 0 Å². The normalized spacial score (nSPS) is 10.5. The number of rotatable bonds is 1. The van der Waals surface area contributed by atoms with Crippen molar-refractivity contribution in [1.82, 2.24) is 15.0 Å². The number of nitrogen functional groups attached to an aromatic ring is 1. The zero-order chi connectivity index (χ0) is 9.42. The van der Waals surface area contributed by atoms with Crippen LogP contribution >= 0.6 is 0 Å². The molecule has 0 bridgehead atoms. The van der Waals surface area contributed by atoms with Crippen molar-refractivity contribution in [2.45, 2.75) is 0 Å². The van der Waals surface area contributed by atoms with E-state index in [4.69, 9.17) is 5.73 Å². The Morgan fingerprint density at radius 3 is 3.00 bits per heavy atom. The van der Waals surface area contributed by atoms with Gasteiger partial charge in [0, 0.05) is 6.20 Å². The Hall–Kier alpha value is -2.18. The third-order valence-corrected chi connectivity index (χ3v) is 1.65. The standard InChI is InChI=1S/C6H5N5O2/c7-3-1-8-5-4(3)9-2-10-6(5)11(12)13/h1-2,8H,7H2. The quantitative estimate of drug-likeness (QED) is 0.487. The fourth-order valence-corrected chi connectivity index (χ4v) is 1.08. The molecule has 7 nitrogen and oxygen atoms in total. The molecule has 2 aromatic rings. The number of nitro groups is 1. The summed E-state index contributed by atoms with van der Waals surface area (Å²) in [5, 5.41) is 10.5. The summed E-state index contributed by atoms with van der Waals surface area (Å²) >= 11 is 0. The van der Waals surface area contributed by atoms with Crippen molar-refractivity contribution in [3.63, 3.8) is 0 Å². The molecule has 7 heteroatoms. The maximum atomic E-state index is 10.5. The first kappa shape index (κ1) is 7.47. The molecule has 13 heavy (non-hydrogen) atoms. The molecular formula is C6H5N5O2. The molecule has 0 aliphatic carbocycles. The Bertz CT molecular complexity index is 477. The largest absolute Gasteiger partial charge is 0.396 e. The molecule has 0 spiro atoms. The molecule has 0 fully saturated rings. The SMILES string of the molecule is Nc1c[nH]c2c([N+](=O)[O-])ncnc12. The van der Waals surface area contributed by atoms with Crippen LogP contribution in [0, 0.1) is 10.1 Å². The molecule has 66 valence electrons. The minimum Gasteiger partial charge on any atom is -0.396 e. The lowest BCUT2D eigenvalue weighted by molar-refractivity contribution is -0.387. The third kappa shape index (κ3) is 0.975. The minimum atomic E-state index is -0.583. The molecule has 2 heterocycles. The first-order valence-electron chi connectivity index (χ1n) is 3.42. The third-order valence-electron chi connectivity index (χ3n) is 1.65. The average Bonchev–Trinajstić information content (AvgIpc) is 2.48. The van der Waals surface area contributed by atoms with Gasteiger partial charge in [0.15, 0.2) is 5.52 Å². The van der Waals surface area contributed by atoms with Crippen molar-refractivity contribution in [1.29, 1.82) is 0 Å². The van der Waals surface area contributed by atoms with E-state index in [1.165, 1.54) is 6.20 Å². The van der Waals surface area contributed by atoms with Gasteiger partial charge in [0.2, 0.25) is 6.33 Å². The van der Waals surface area contributed by atoms with Crippen LogP contribution in [-0.2, 0) is 0 Å². The van der Waals surface area contributed by atoms with Gasteiger partial charge in [-0.05, 0) is 9.91 Å². The Morgan fingerprint density at radius 1 is 1.54 bits per heavy atom. The van der Waals surface area contributed by atoms with E-state index in [9.17, 15) is 10.1 Å². The fraction of sp³-hybridized carbons (Fsp3) is 0. The summed E-state index contributed by atoms with van der Waals surface area (Å²) in [6, 6.07) is 0. The van der Waals surface area contributed by atoms with Crippen molar-refractivity contribution in [2.75, 3.05) is 5.73 Å². The number of nitrogens with two attached hydrogens (primary N) is 1. The summed E-state index contributed by atoms with van der Waals surface area (Å²) in [4.78, 5) is 19.9. The first-order valence-corrected chi connectivity index (χ1v) is 3.42. The molecule has 0 atom stereocenters. The van der Waals surface area contributed by atoms with Crippen molar-refractivity contribution in [2.24, 2.45) is 0 Å². The minimum absolute atomic E-state index is 0.255. The van der Waals surface area contributed by atoms with Crippen LogP contribution in [0.3, 0.4) is 0 Å². The van der Waals surface area contributed by atoms with Gasteiger partial charge >= 0.3 is 5.82 Å². The Kier molecular flexibility index (Phi) is 1.38. The van der Waals surface area contributed by atoms with Gasteiger partial charge in [-0.2, -0.15) is 0 Å². The van der Waals surface area contributed by atoms with E-state index >= 15 is 0 Å². The van der Waals surface area contributed by atoms with Crippen LogP contribution in [0.25, 0.3) is 11.0 Å². The summed E-state index contributed by atoms with van der Waals surface area (Å²) in [6.07, 6.45) is 2.57. The lowest BCUT2D eigenvalue weighted by atomic mass is 10.4. The summed E-state index contributed by atoms with van der Waals surface area (Å²) < 4.78 is 0. The molecular weight excluding hydrogens is 174 g/mol. The number of hydrogen-bond donors (Lipinski definition) is 2. The molecule has 3 N–H and O–H groups in total. The monoisotopic (exact) mass is 179 g/mol. The van der Waals surface area contributed by atoms with Crippen LogP contribution in [0.1, 0.15) is 0 Å². The Morgan fingerprint density at radius 2 is 2.31 bits per heavy atom. The molecule has 0 aliphatic rings. The number of H-pyrrole nitrogens is 1. The van der Waals surface area contributed by atoms with E-state index in [-0.39, 0.29) is 11.3 Å². The summed E-state index contributed by atoms with van der Waals surface area (Å²) in [5.41, 5.74) is 6.51. The van der Waals surface area contributed by atoms with Crippen LogP contribution in [0.15, 0.2) is 12.5 Å². The van der Waals surface area contributed by atoms with Crippen molar-refractivity contribution in [3.05, 3.63) is 22.6 Å². The fourth-order valence-electron chi connectivity index (χ4n) is 1.08. The molecule has 0 aliphatic heterocycles. The smallest absolute Gasteiger partial charge is 0.391 e. The van der Waals surface area contributed by atoms with Gasteiger partial charge in [0.25, 0.3) is 0 Å². The molecule has 0 unspecified atom stereocenters. The number of fused-ring (bicyclic) bond motifs is 1. The number of aromatic nitrogens is 3. The molecule has 0 saturated carbocycles. The van der Waals surface area contributed by atoms with Gasteiger partial charge in [0.05, 0.1) is 5.69 Å². The lowest BCUT2D eigenvalue weighted by Gasteiger charge is -1.92. The lowest BCUT2D eigenvalue weighted by Crippen LogP contribution is -1.94. The Balaban J connectivity index is 2.84. The number of nitrogens with zero attached hydrogens (tertiary/aromatic N) is 3. The van der Waals surface area contributed by atoms with Crippen molar-refractivity contribution >= 4 is 22.5 Å². The van der Waals surface area contributed by atoms with Crippen LogP contribution in [0.4, 0.5) is 11.5 Å². The van der Waals surface area contributed by atoms with Gasteiger partial charge in [-0.15, -0.1) is 0 Å². The van der Waals surface area contributed by atoms with E-state index in [1.54, 1.807) is 0 Å². The summed E-state index contributed by atoms with van der Waals surface area (Å²) in [7, 11) is 0. The van der Waals surface area contributed by atoms with E-state index in [0.29, 0.717) is 11.2 Å². The van der Waals surface area contributed by atoms with E-state index < -0.39 is 4.92 Å². The predicted octanol–water partition coefficient (Wildman–Crippen LogP) is 0.448. The Labute approximate surface area is 71.8 Å². The van der Waals surface area contributed by atoms with E-state index in [1.807, 2.05) is 0 Å². The van der Waals surface area contributed by atoms with Crippen LogP contribution < -0.4 is 5.73 Å². The van der Waals surface area contributed by atoms with E-state index in [0.717, 1.165) is 6.33 Å². The van der Waals surface area contributed by atoms with Crippen LogP contribution in [0.5, 0.6) is 0 Å². The maximum absolute atomic E-state index is 10.5. The van der Waals surface area contributed by atoms with Gasteiger partial charge < -0.3 is 20.8 Å². The number of aromatic amines is 1. The van der Waals surface area contributed by atoms with Crippen molar-refractivity contribution < 1.29 is 4.92 Å². The molecule has 2 aromatic heterocycles. The van der Waals surface area contributed by atoms with Crippen LogP contribution in [-0.4, -0.2) is 19.9 Å². The van der Waals surface area contributed by atoms with E-state index in [2.05, 4.69) is 15.0 Å². The second-order valence-electron chi connectivity index (χ2n) is 2.42. The first-order chi connectivity index (χ1) is 6.20. The highest BCUT2D eigenvalue weighted by molar-refractivity contribution is 5.91. The number of nitrogens with one attached hydrogen (secondary N) is 1. The average molecular weight is 179 g/mol. The molecule has 0 aromatic carbocycles. The van der Waals surface area contributed by atoms with Crippen molar-refractivity contribution in [3.8, 4) is 0 Å². The van der Waals surface area contributed by atoms with Gasteiger partial charge in [0.1, 0.15) is 5.52 Å². The highest BCUT2D eigenvalue weighted by Crippen LogP contribution is 2.23. The van der Waals surface area contributed by atoms with Gasteiger partial charge in [-0.25, -0.2) is 4.98 Å².